The summed E-state index contributed by atoms with van der Waals surface area (Å²) in [5, 5.41) is 9.56. The second kappa shape index (κ2) is 5.70. The number of nitrogens with zero attached hydrogens (tertiary/aromatic N) is 3. The topological polar surface area (TPSA) is 51.9 Å². The Labute approximate surface area is 148 Å². The van der Waals surface area contributed by atoms with Gasteiger partial charge in [-0.1, -0.05) is 12.8 Å². The summed E-state index contributed by atoms with van der Waals surface area (Å²) < 4.78 is 4.06. The maximum absolute atomic E-state index is 13.7. The number of aryl methyl sites for hydroxylation is 2. The van der Waals surface area contributed by atoms with Crippen molar-refractivity contribution in [1.29, 1.82) is 0 Å². The fourth-order valence-electron chi connectivity index (χ4n) is 5.18. The summed E-state index contributed by atoms with van der Waals surface area (Å²) in [6.45, 7) is 1.01. The molecule has 2 aliphatic carbocycles. The summed E-state index contributed by atoms with van der Waals surface area (Å²) in [6, 6.07) is 0. The minimum absolute atomic E-state index is 0.213. The average molecular weight is 340 g/mol. The van der Waals surface area contributed by atoms with Crippen LogP contribution in [-0.2, 0) is 25.6 Å². The standard InChI is InChI=1S/C20H28N4O/c1-23-18-17(13-22-23)15-6-2-3-7-16(15)19(25)24(18)20(12-14-8-9-14)10-4-5-11-21-20/h13-14,21H,2-12H2,1H3/t20-/m0/s1. The molecule has 134 valence electrons. The normalized spacial score (nSPS) is 26.8. The highest BCUT2D eigenvalue weighted by Gasteiger charge is 2.42. The van der Waals surface area contributed by atoms with Crippen LogP contribution in [0.2, 0.25) is 0 Å². The van der Waals surface area contributed by atoms with Gasteiger partial charge in [0.25, 0.3) is 5.56 Å². The van der Waals surface area contributed by atoms with Gasteiger partial charge in [-0.05, 0) is 69.4 Å². The number of aromatic nitrogens is 3. The third-order valence-electron chi connectivity index (χ3n) is 6.60. The molecule has 5 heteroatoms. The molecule has 1 saturated carbocycles. The highest BCUT2D eigenvalue weighted by molar-refractivity contribution is 5.81. The number of pyridine rings is 1. The summed E-state index contributed by atoms with van der Waals surface area (Å²) in [5.41, 5.74) is 3.40. The van der Waals surface area contributed by atoms with Crippen molar-refractivity contribution in [3.8, 4) is 0 Å². The van der Waals surface area contributed by atoms with E-state index >= 15 is 0 Å². The van der Waals surface area contributed by atoms with Gasteiger partial charge in [0, 0.05) is 18.0 Å². The van der Waals surface area contributed by atoms with E-state index in [1.807, 2.05) is 17.9 Å². The fourth-order valence-corrected chi connectivity index (χ4v) is 5.18. The summed E-state index contributed by atoms with van der Waals surface area (Å²) in [7, 11) is 1.99. The van der Waals surface area contributed by atoms with Crippen LogP contribution in [0, 0.1) is 5.92 Å². The maximum atomic E-state index is 13.7. The van der Waals surface area contributed by atoms with Crippen molar-refractivity contribution in [2.75, 3.05) is 6.54 Å². The number of hydrogen-bond acceptors (Lipinski definition) is 3. The number of nitrogens with one attached hydrogen (secondary N) is 1. The van der Waals surface area contributed by atoms with Crippen LogP contribution in [0.4, 0.5) is 0 Å². The molecule has 1 saturated heterocycles. The van der Waals surface area contributed by atoms with Crippen molar-refractivity contribution in [1.82, 2.24) is 19.7 Å². The molecule has 0 aromatic carbocycles. The zero-order chi connectivity index (χ0) is 17.0. The molecule has 2 aromatic rings. The van der Waals surface area contributed by atoms with E-state index in [0.29, 0.717) is 0 Å². The van der Waals surface area contributed by atoms with Crippen LogP contribution >= 0.6 is 0 Å². The van der Waals surface area contributed by atoms with Gasteiger partial charge in [0.15, 0.2) is 0 Å². The molecule has 2 fully saturated rings. The van der Waals surface area contributed by atoms with E-state index in [1.54, 1.807) is 0 Å². The van der Waals surface area contributed by atoms with Gasteiger partial charge in [0.1, 0.15) is 11.3 Å². The second-order valence-corrected chi connectivity index (χ2v) is 8.37. The van der Waals surface area contributed by atoms with Crippen LogP contribution in [0.5, 0.6) is 0 Å². The maximum Gasteiger partial charge on any atom is 0.257 e. The lowest BCUT2D eigenvalue weighted by molar-refractivity contribution is 0.136. The van der Waals surface area contributed by atoms with Crippen molar-refractivity contribution in [2.45, 2.75) is 69.9 Å². The smallest absolute Gasteiger partial charge is 0.257 e. The van der Waals surface area contributed by atoms with Gasteiger partial charge in [-0.25, -0.2) is 0 Å². The van der Waals surface area contributed by atoms with E-state index in [4.69, 9.17) is 0 Å². The Hall–Kier alpha value is -1.62. The predicted octanol–water partition coefficient (Wildman–Crippen LogP) is 2.84. The van der Waals surface area contributed by atoms with Gasteiger partial charge in [-0.15, -0.1) is 0 Å². The highest BCUT2D eigenvalue weighted by atomic mass is 16.1. The third-order valence-corrected chi connectivity index (χ3v) is 6.60. The zero-order valence-electron chi connectivity index (χ0n) is 15.2. The van der Waals surface area contributed by atoms with Crippen molar-refractivity contribution >= 4 is 11.0 Å². The van der Waals surface area contributed by atoms with Crippen LogP contribution in [0.1, 0.15) is 62.5 Å². The average Bonchev–Trinajstić information content (AvgIpc) is 3.37. The first-order chi connectivity index (χ1) is 12.2. The second-order valence-electron chi connectivity index (χ2n) is 8.37. The fraction of sp³-hybridized carbons (Fsp3) is 0.700. The lowest BCUT2D eigenvalue weighted by Crippen LogP contribution is -2.55. The van der Waals surface area contributed by atoms with Crippen molar-refractivity contribution in [3.05, 3.63) is 27.7 Å². The first-order valence-corrected chi connectivity index (χ1v) is 10.0. The highest BCUT2D eigenvalue weighted by Crippen LogP contribution is 2.42. The van der Waals surface area contributed by atoms with E-state index in [1.165, 1.54) is 43.1 Å². The molecule has 3 heterocycles. The van der Waals surface area contributed by atoms with E-state index in [-0.39, 0.29) is 11.2 Å². The third kappa shape index (κ3) is 2.39. The van der Waals surface area contributed by atoms with Crippen molar-refractivity contribution in [3.63, 3.8) is 0 Å². The Bertz CT molecular complexity index is 868. The van der Waals surface area contributed by atoms with Crippen LogP contribution in [0.15, 0.2) is 11.0 Å². The first-order valence-electron chi connectivity index (χ1n) is 10.0. The van der Waals surface area contributed by atoms with E-state index in [0.717, 1.165) is 55.8 Å². The molecule has 0 amide bonds. The Balaban J connectivity index is 1.80. The Kier molecular flexibility index (Phi) is 3.56. The summed E-state index contributed by atoms with van der Waals surface area (Å²) in [5.74, 6) is 0.775. The van der Waals surface area contributed by atoms with E-state index in [9.17, 15) is 4.79 Å². The van der Waals surface area contributed by atoms with Crippen molar-refractivity contribution < 1.29 is 0 Å². The van der Waals surface area contributed by atoms with Gasteiger partial charge in [-0.2, -0.15) is 5.10 Å². The summed E-state index contributed by atoms with van der Waals surface area (Å²) in [4.78, 5) is 13.7. The van der Waals surface area contributed by atoms with Crippen LogP contribution in [0.25, 0.3) is 11.0 Å². The van der Waals surface area contributed by atoms with Gasteiger partial charge in [-0.3, -0.25) is 19.4 Å². The Morgan fingerprint density at radius 3 is 2.72 bits per heavy atom. The predicted molar refractivity (Wildman–Crippen MR) is 98.8 cm³/mol. The molecule has 1 atom stereocenters. The molecule has 1 aliphatic heterocycles. The molecule has 5 nitrogen and oxygen atoms in total. The van der Waals surface area contributed by atoms with Crippen LogP contribution in [0.3, 0.4) is 0 Å². The summed E-state index contributed by atoms with van der Waals surface area (Å²) >= 11 is 0. The molecular formula is C20H28N4O. The Morgan fingerprint density at radius 1 is 1.20 bits per heavy atom. The molecule has 0 spiro atoms. The summed E-state index contributed by atoms with van der Waals surface area (Å²) in [6.07, 6.45) is 13.5. The van der Waals surface area contributed by atoms with E-state index < -0.39 is 0 Å². The molecule has 5 rings (SSSR count). The van der Waals surface area contributed by atoms with Crippen LogP contribution < -0.4 is 10.9 Å². The largest absolute Gasteiger partial charge is 0.294 e. The molecule has 0 unspecified atom stereocenters. The first kappa shape index (κ1) is 15.6. The molecule has 0 radical (unpaired) electrons. The zero-order valence-corrected chi connectivity index (χ0v) is 15.2. The number of rotatable bonds is 3. The monoisotopic (exact) mass is 340 g/mol. The minimum Gasteiger partial charge on any atom is -0.294 e. The number of hydrogen-bond donors (Lipinski definition) is 1. The molecule has 3 aliphatic rings. The molecule has 25 heavy (non-hydrogen) atoms. The SMILES string of the molecule is Cn1ncc2c3c(c(=O)n([C@]4(CC5CC5)CCCCN4)c21)CCCC3. The minimum atomic E-state index is -0.213. The lowest BCUT2D eigenvalue weighted by Gasteiger charge is -2.41. The quantitative estimate of drug-likeness (QED) is 0.935. The van der Waals surface area contributed by atoms with Gasteiger partial charge >= 0.3 is 0 Å². The van der Waals surface area contributed by atoms with Gasteiger partial charge < -0.3 is 0 Å². The Morgan fingerprint density at radius 2 is 2.00 bits per heavy atom. The van der Waals surface area contributed by atoms with Gasteiger partial charge in [0.05, 0.1) is 6.20 Å². The number of piperidine rings is 1. The molecule has 1 N–H and O–H groups in total. The molecule has 2 aromatic heterocycles. The van der Waals surface area contributed by atoms with Crippen molar-refractivity contribution in [2.24, 2.45) is 13.0 Å². The van der Waals surface area contributed by atoms with E-state index in [2.05, 4.69) is 15.0 Å². The van der Waals surface area contributed by atoms with Crippen LogP contribution in [-0.4, -0.2) is 20.9 Å². The molecule has 0 bridgehead atoms. The molecular weight excluding hydrogens is 312 g/mol. The van der Waals surface area contributed by atoms with Gasteiger partial charge in [0.2, 0.25) is 0 Å². The lowest BCUT2D eigenvalue weighted by atomic mass is 9.88. The number of fused-ring (bicyclic) bond motifs is 3.